The van der Waals surface area contributed by atoms with Gasteiger partial charge in [-0.3, -0.25) is 14.3 Å². The minimum Gasteiger partial charge on any atom is -0.374 e. The number of morpholine rings is 1. The minimum atomic E-state index is -0.485. The topological polar surface area (TPSA) is 67.3 Å². The van der Waals surface area contributed by atoms with Gasteiger partial charge in [0.2, 0.25) is 0 Å². The molecule has 1 aliphatic rings. The van der Waals surface area contributed by atoms with Crippen molar-refractivity contribution in [2.24, 2.45) is 0 Å². The first kappa shape index (κ1) is 15.3. The Morgan fingerprint density at radius 2 is 2.15 bits per heavy atom. The normalized spacial score (nSPS) is 20.6. The number of halogens is 1. The molecule has 0 spiro atoms. The zero-order chi connectivity index (χ0) is 14.9. The van der Waals surface area contributed by atoms with Crippen LogP contribution in [-0.4, -0.2) is 47.3 Å². The minimum absolute atomic E-state index is 0.0481. The number of aromatic amines is 1. The Balaban J connectivity index is 2.34. The average Bonchev–Trinajstić information content (AvgIpc) is 2.33. The van der Waals surface area contributed by atoms with Gasteiger partial charge in [0.15, 0.2) is 0 Å². The number of nitrogens with zero attached hydrogens (tertiary/aromatic N) is 2. The third-order valence-corrected chi connectivity index (χ3v) is 3.78. The molecule has 1 aromatic rings. The lowest BCUT2D eigenvalue weighted by Crippen LogP contribution is -2.47. The molecule has 7 heteroatoms. The van der Waals surface area contributed by atoms with E-state index in [1.807, 2.05) is 20.9 Å². The van der Waals surface area contributed by atoms with E-state index in [4.69, 9.17) is 16.3 Å². The number of H-pyrrole nitrogens is 1. The van der Waals surface area contributed by atoms with E-state index in [-0.39, 0.29) is 29.3 Å². The molecule has 1 N–H and O–H groups in total. The standard InChI is InChI=1S/C13H20ClN3O3/c1-8(2)10-11(14)15-13(19)17(12(10)18)7-9-6-16(3)4-5-20-9/h8-9H,4-7H2,1-3H3,(H,15,19). The fourth-order valence-electron chi connectivity index (χ4n) is 2.41. The van der Waals surface area contributed by atoms with Crippen molar-refractivity contribution >= 4 is 11.6 Å². The van der Waals surface area contributed by atoms with E-state index in [0.29, 0.717) is 18.7 Å². The Hall–Kier alpha value is -1.11. The number of likely N-dealkylation sites (N-methyl/N-ethyl adjacent to an activating group) is 1. The molecule has 1 aliphatic heterocycles. The number of hydrogen-bond donors (Lipinski definition) is 1. The summed E-state index contributed by atoms with van der Waals surface area (Å²) in [7, 11) is 1.99. The Morgan fingerprint density at radius 1 is 1.45 bits per heavy atom. The van der Waals surface area contributed by atoms with Crippen molar-refractivity contribution in [2.45, 2.75) is 32.4 Å². The van der Waals surface area contributed by atoms with Crippen molar-refractivity contribution in [1.29, 1.82) is 0 Å². The first-order valence-corrected chi connectivity index (χ1v) is 7.10. The number of ether oxygens (including phenoxy) is 1. The van der Waals surface area contributed by atoms with Crippen molar-refractivity contribution in [3.05, 3.63) is 31.6 Å². The summed E-state index contributed by atoms with van der Waals surface area (Å²) in [5.41, 5.74) is -0.373. The molecule has 0 saturated carbocycles. The summed E-state index contributed by atoms with van der Waals surface area (Å²) in [6, 6.07) is 0. The van der Waals surface area contributed by atoms with Crippen LogP contribution in [-0.2, 0) is 11.3 Å². The van der Waals surface area contributed by atoms with Crippen LogP contribution in [0.25, 0.3) is 0 Å². The summed E-state index contributed by atoms with van der Waals surface area (Å²) in [6.07, 6.45) is -0.159. The fourth-order valence-corrected chi connectivity index (χ4v) is 2.79. The molecule has 20 heavy (non-hydrogen) atoms. The second-order valence-corrected chi connectivity index (χ2v) is 5.86. The molecule has 0 amide bonds. The highest BCUT2D eigenvalue weighted by molar-refractivity contribution is 6.30. The molecular formula is C13H20ClN3O3. The van der Waals surface area contributed by atoms with Gasteiger partial charge < -0.3 is 9.64 Å². The zero-order valence-electron chi connectivity index (χ0n) is 12.0. The largest absolute Gasteiger partial charge is 0.374 e. The lowest BCUT2D eigenvalue weighted by Gasteiger charge is -2.30. The third kappa shape index (κ3) is 3.13. The van der Waals surface area contributed by atoms with Crippen LogP contribution in [0, 0.1) is 0 Å². The third-order valence-electron chi connectivity index (χ3n) is 3.48. The highest BCUT2D eigenvalue weighted by Gasteiger charge is 2.22. The number of nitrogens with one attached hydrogen (secondary N) is 1. The Labute approximate surface area is 122 Å². The first-order valence-electron chi connectivity index (χ1n) is 6.72. The van der Waals surface area contributed by atoms with E-state index in [1.54, 1.807) is 0 Å². The van der Waals surface area contributed by atoms with Crippen LogP contribution >= 0.6 is 11.6 Å². The highest BCUT2D eigenvalue weighted by Crippen LogP contribution is 2.16. The van der Waals surface area contributed by atoms with Crippen LogP contribution in [0.4, 0.5) is 0 Å². The highest BCUT2D eigenvalue weighted by atomic mass is 35.5. The van der Waals surface area contributed by atoms with Gasteiger partial charge in [0.05, 0.1) is 24.8 Å². The predicted molar refractivity (Wildman–Crippen MR) is 77.7 cm³/mol. The van der Waals surface area contributed by atoms with Gasteiger partial charge in [-0.25, -0.2) is 4.79 Å². The Bertz CT molecular complexity index is 594. The first-order chi connectivity index (χ1) is 9.40. The van der Waals surface area contributed by atoms with Gasteiger partial charge in [0.25, 0.3) is 5.56 Å². The van der Waals surface area contributed by atoms with Crippen LogP contribution in [0.15, 0.2) is 9.59 Å². The Morgan fingerprint density at radius 3 is 2.75 bits per heavy atom. The lowest BCUT2D eigenvalue weighted by atomic mass is 10.1. The van der Waals surface area contributed by atoms with Gasteiger partial charge in [-0.2, -0.15) is 0 Å². The Kier molecular flexibility index (Phi) is 4.67. The zero-order valence-corrected chi connectivity index (χ0v) is 12.7. The summed E-state index contributed by atoms with van der Waals surface area (Å²) >= 11 is 5.96. The summed E-state index contributed by atoms with van der Waals surface area (Å²) in [5, 5.41) is 0.132. The SMILES string of the molecule is CC(C)c1c(Cl)[nH]c(=O)n(CC2CN(C)CCO2)c1=O. The molecular weight excluding hydrogens is 282 g/mol. The molecule has 1 unspecified atom stereocenters. The van der Waals surface area contributed by atoms with E-state index in [0.717, 1.165) is 6.54 Å². The van der Waals surface area contributed by atoms with Gasteiger partial charge in [-0.05, 0) is 13.0 Å². The molecule has 2 heterocycles. The predicted octanol–water partition coefficient (Wildman–Crippen LogP) is 0.644. The second kappa shape index (κ2) is 6.11. The fraction of sp³-hybridized carbons (Fsp3) is 0.692. The molecule has 6 nitrogen and oxygen atoms in total. The lowest BCUT2D eigenvalue weighted by molar-refractivity contribution is -0.0285. The molecule has 0 radical (unpaired) electrons. The molecule has 112 valence electrons. The van der Waals surface area contributed by atoms with Crippen LogP contribution in [0.2, 0.25) is 5.15 Å². The molecule has 1 saturated heterocycles. The van der Waals surface area contributed by atoms with Crippen molar-refractivity contribution < 1.29 is 4.74 Å². The molecule has 1 atom stereocenters. The molecule has 1 aromatic heterocycles. The van der Waals surface area contributed by atoms with Gasteiger partial charge in [0.1, 0.15) is 5.15 Å². The number of rotatable bonds is 3. The van der Waals surface area contributed by atoms with Crippen LogP contribution in [0.5, 0.6) is 0 Å². The van der Waals surface area contributed by atoms with Crippen LogP contribution < -0.4 is 11.2 Å². The van der Waals surface area contributed by atoms with Crippen LogP contribution in [0.1, 0.15) is 25.3 Å². The molecule has 1 fully saturated rings. The maximum Gasteiger partial charge on any atom is 0.329 e. The van der Waals surface area contributed by atoms with E-state index < -0.39 is 5.69 Å². The summed E-state index contributed by atoms with van der Waals surface area (Å²) in [6.45, 7) is 6.16. The van der Waals surface area contributed by atoms with Crippen molar-refractivity contribution in [2.75, 3.05) is 26.7 Å². The average molecular weight is 302 g/mol. The maximum absolute atomic E-state index is 12.4. The summed E-state index contributed by atoms with van der Waals surface area (Å²) in [4.78, 5) is 29.0. The molecule has 0 aliphatic carbocycles. The van der Waals surface area contributed by atoms with Gasteiger partial charge in [-0.15, -0.1) is 0 Å². The molecule has 0 aromatic carbocycles. The van der Waals surface area contributed by atoms with Gasteiger partial charge in [-0.1, -0.05) is 25.4 Å². The van der Waals surface area contributed by atoms with E-state index in [2.05, 4.69) is 9.88 Å². The van der Waals surface area contributed by atoms with Gasteiger partial charge in [0, 0.05) is 13.1 Å². The molecule has 2 rings (SSSR count). The quantitative estimate of drug-likeness (QED) is 0.832. The summed E-state index contributed by atoms with van der Waals surface area (Å²) in [5.74, 6) is -0.0481. The maximum atomic E-state index is 12.4. The van der Waals surface area contributed by atoms with Crippen molar-refractivity contribution in [1.82, 2.24) is 14.5 Å². The van der Waals surface area contributed by atoms with Crippen LogP contribution in [0.3, 0.4) is 0 Å². The number of aromatic nitrogens is 2. The van der Waals surface area contributed by atoms with Crippen molar-refractivity contribution in [3.8, 4) is 0 Å². The van der Waals surface area contributed by atoms with Gasteiger partial charge >= 0.3 is 5.69 Å². The monoisotopic (exact) mass is 301 g/mol. The van der Waals surface area contributed by atoms with E-state index in [1.165, 1.54) is 4.57 Å². The van der Waals surface area contributed by atoms with Crippen molar-refractivity contribution in [3.63, 3.8) is 0 Å². The second-order valence-electron chi connectivity index (χ2n) is 5.48. The van der Waals surface area contributed by atoms with E-state index in [9.17, 15) is 9.59 Å². The molecule has 0 bridgehead atoms. The van der Waals surface area contributed by atoms with E-state index >= 15 is 0 Å². The smallest absolute Gasteiger partial charge is 0.329 e. The summed E-state index contributed by atoms with van der Waals surface area (Å²) < 4.78 is 6.79. The number of hydrogen-bond acceptors (Lipinski definition) is 4.